The van der Waals surface area contributed by atoms with Gasteiger partial charge in [0.1, 0.15) is 5.82 Å². The summed E-state index contributed by atoms with van der Waals surface area (Å²) in [5, 5.41) is 13.6. The summed E-state index contributed by atoms with van der Waals surface area (Å²) in [7, 11) is 0. The Labute approximate surface area is 132 Å². The molecule has 1 aliphatic carbocycles. The van der Waals surface area contributed by atoms with Crippen molar-refractivity contribution in [3.63, 3.8) is 0 Å². The average Bonchev–Trinajstić information content (AvgIpc) is 3.08. The summed E-state index contributed by atoms with van der Waals surface area (Å²) < 4.78 is 12.9. The van der Waals surface area contributed by atoms with E-state index in [0.717, 1.165) is 24.4 Å². The van der Waals surface area contributed by atoms with Crippen molar-refractivity contribution in [3.05, 3.63) is 35.6 Å². The molecule has 1 aromatic rings. The predicted molar refractivity (Wildman–Crippen MR) is 86.2 cm³/mol. The van der Waals surface area contributed by atoms with Crippen molar-refractivity contribution < 1.29 is 9.50 Å². The fourth-order valence-electron chi connectivity index (χ4n) is 3.82. The first-order valence-electron chi connectivity index (χ1n) is 8.63. The lowest BCUT2D eigenvalue weighted by Gasteiger charge is -2.36. The molecule has 1 unspecified atom stereocenters. The van der Waals surface area contributed by atoms with Crippen LogP contribution in [0.2, 0.25) is 0 Å². The van der Waals surface area contributed by atoms with Gasteiger partial charge < -0.3 is 15.3 Å². The molecular formula is C18H27FN2O. The fourth-order valence-corrected chi connectivity index (χ4v) is 3.82. The molecule has 1 atom stereocenters. The molecule has 1 aromatic carbocycles. The van der Waals surface area contributed by atoms with Gasteiger partial charge in [-0.15, -0.1) is 0 Å². The van der Waals surface area contributed by atoms with Gasteiger partial charge in [0.2, 0.25) is 0 Å². The average molecular weight is 306 g/mol. The second-order valence-corrected chi connectivity index (χ2v) is 6.72. The summed E-state index contributed by atoms with van der Waals surface area (Å²) in [5.74, 6) is -0.261. The van der Waals surface area contributed by atoms with E-state index in [0.29, 0.717) is 12.6 Å². The minimum Gasteiger partial charge on any atom is -0.387 e. The Bertz CT molecular complexity index is 451. The molecule has 0 aromatic heterocycles. The van der Waals surface area contributed by atoms with Gasteiger partial charge in [0, 0.05) is 18.6 Å². The number of aliphatic hydroxyl groups is 1. The number of benzene rings is 1. The Kier molecular flexibility index (Phi) is 5.45. The van der Waals surface area contributed by atoms with Crippen LogP contribution in [0.4, 0.5) is 4.39 Å². The van der Waals surface area contributed by atoms with Gasteiger partial charge in [0.05, 0.1) is 6.10 Å². The molecule has 0 spiro atoms. The summed E-state index contributed by atoms with van der Waals surface area (Å²) in [5.41, 5.74) is 0.775. The highest BCUT2D eigenvalue weighted by Crippen LogP contribution is 2.26. The predicted octanol–water partition coefficient (Wildman–Crippen LogP) is 2.86. The van der Waals surface area contributed by atoms with Crippen molar-refractivity contribution in [2.24, 2.45) is 0 Å². The number of hydrogen-bond donors (Lipinski definition) is 2. The SMILES string of the molecule is OC(CNC1CCN(C2CCCC2)CC1)c1ccc(F)cc1. The molecule has 2 N–H and O–H groups in total. The van der Waals surface area contributed by atoms with Crippen LogP contribution in [0, 0.1) is 5.82 Å². The van der Waals surface area contributed by atoms with E-state index in [1.54, 1.807) is 12.1 Å². The Balaban J connectivity index is 1.40. The third-order valence-electron chi connectivity index (χ3n) is 5.23. The maximum Gasteiger partial charge on any atom is 0.123 e. The largest absolute Gasteiger partial charge is 0.387 e. The van der Waals surface area contributed by atoms with Crippen LogP contribution in [0.1, 0.15) is 50.2 Å². The van der Waals surface area contributed by atoms with Crippen LogP contribution in [-0.4, -0.2) is 41.7 Å². The fraction of sp³-hybridized carbons (Fsp3) is 0.667. The van der Waals surface area contributed by atoms with Crippen LogP contribution < -0.4 is 5.32 Å². The van der Waals surface area contributed by atoms with E-state index < -0.39 is 6.10 Å². The van der Waals surface area contributed by atoms with E-state index >= 15 is 0 Å². The van der Waals surface area contributed by atoms with Gasteiger partial charge in [-0.3, -0.25) is 0 Å². The standard InChI is InChI=1S/C18H27FN2O/c19-15-7-5-14(6-8-15)18(22)13-20-16-9-11-21(12-10-16)17-3-1-2-4-17/h5-8,16-18,20,22H,1-4,9-13H2. The molecule has 2 aliphatic rings. The quantitative estimate of drug-likeness (QED) is 0.878. The number of nitrogens with zero attached hydrogens (tertiary/aromatic N) is 1. The highest BCUT2D eigenvalue weighted by Gasteiger charge is 2.27. The Morgan fingerprint density at radius 3 is 2.36 bits per heavy atom. The van der Waals surface area contributed by atoms with E-state index in [4.69, 9.17) is 0 Å². The van der Waals surface area contributed by atoms with Crippen LogP contribution in [0.15, 0.2) is 24.3 Å². The minimum atomic E-state index is -0.562. The molecule has 22 heavy (non-hydrogen) atoms. The normalized spacial score (nSPS) is 23.0. The Morgan fingerprint density at radius 2 is 1.73 bits per heavy atom. The van der Waals surface area contributed by atoms with Crippen molar-refractivity contribution in [3.8, 4) is 0 Å². The summed E-state index contributed by atoms with van der Waals surface area (Å²) in [6.07, 6.45) is 7.30. The number of nitrogens with one attached hydrogen (secondary N) is 1. The third kappa shape index (κ3) is 4.06. The van der Waals surface area contributed by atoms with E-state index in [1.807, 2.05) is 0 Å². The molecular weight excluding hydrogens is 279 g/mol. The monoisotopic (exact) mass is 306 g/mol. The van der Waals surface area contributed by atoms with Gasteiger partial charge in [0.15, 0.2) is 0 Å². The topological polar surface area (TPSA) is 35.5 Å². The molecule has 3 nitrogen and oxygen atoms in total. The highest BCUT2D eigenvalue weighted by atomic mass is 19.1. The van der Waals surface area contributed by atoms with Gasteiger partial charge >= 0.3 is 0 Å². The molecule has 0 amide bonds. The number of rotatable bonds is 5. The molecule has 122 valence electrons. The van der Waals surface area contributed by atoms with Gasteiger partial charge in [-0.2, -0.15) is 0 Å². The highest BCUT2D eigenvalue weighted by molar-refractivity contribution is 5.18. The summed E-state index contributed by atoms with van der Waals surface area (Å²) >= 11 is 0. The molecule has 4 heteroatoms. The van der Waals surface area contributed by atoms with Crippen LogP contribution in [0.25, 0.3) is 0 Å². The molecule has 1 aliphatic heterocycles. The molecule has 1 saturated heterocycles. The molecule has 1 saturated carbocycles. The lowest BCUT2D eigenvalue weighted by atomic mass is 10.0. The zero-order valence-electron chi connectivity index (χ0n) is 13.2. The molecule has 0 bridgehead atoms. The van der Waals surface area contributed by atoms with Gasteiger partial charge in [0.25, 0.3) is 0 Å². The van der Waals surface area contributed by atoms with Crippen molar-refractivity contribution >= 4 is 0 Å². The molecule has 1 heterocycles. The second-order valence-electron chi connectivity index (χ2n) is 6.72. The van der Waals surface area contributed by atoms with Crippen LogP contribution in [-0.2, 0) is 0 Å². The Morgan fingerprint density at radius 1 is 1.09 bits per heavy atom. The maximum absolute atomic E-state index is 12.9. The number of halogens is 1. The second kappa shape index (κ2) is 7.53. The van der Waals surface area contributed by atoms with E-state index in [9.17, 15) is 9.50 Å². The molecule has 3 rings (SSSR count). The first-order chi connectivity index (χ1) is 10.7. The van der Waals surface area contributed by atoms with Crippen molar-refractivity contribution in [1.82, 2.24) is 10.2 Å². The smallest absolute Gasteiger partial charge is 0.123 e. The van der Waals surface area contributed by atoms with Crippen molar-refractivity contribution in [1.29, 1.82) is 0 Å². The van der Waals surface area contributed by atoms with Crippen molar-refractivity contribution in [2.75, 3.05) is 19.6 Å². The summed E-state index contributed by atoms with van der Waals surface area (Å²) in [4.78, 5) is 2.65. The summed E-state index contributed by atoms with van der Waals surface area (Å²) in [6, 6.07) is 7.44. The number of hydrogen-bond acceptors (Lipinski definition) is 3. The van der Waals surface area contributed by atoms with Gasteiger partial charge in [-0.25, -0.2) is 4.39 Å². The first kappa shape index (κ1) is 15.9. The lowest BCUT2D eigenvalue weighted by molar-refractivity contribution is 0.129. The first-order valence-corrected chi connectivity index (χ1v) is 8.63. The van der Waals surface area contributed by atoms with Crippen molar-refractivity contribution in [2.45, 2.75) is 56.7 Å². The van der Waals surface area contributed by atoms with E-state index in [2.05, 4.69) is 10.2 Å². The maximum atomic E-state index is 12.9. The summed E-state index contributed by atoms with van der Waals surface area (Å²) in [6.45, 7) is 2.89. The van der Waals surface area contributed by atoms with Gasteiger partial charge in [-0.1, -0.05) is 25.0 Å². The zero-order valence-corrected chi connectivity index (χ0v) is 13.2. The minimum absolute atomic E-state index is 0.261. The van der Waals surface area contributed by atoms with Crippen LogP contribution >= 0.6 is 0 Å². The molecule has 0 radical (unpaired) electrons. The Hall–Kier alpha value is -0.970. The third-order valence-corrected chi connectivity index (χ3v) is 5.23. The van der Waals surface area contributed by atoms with Crippen LogP contribution in [0.5, 0.6) is 0 Å². The van der Waals surface area contributed by atoms with E-state index in [-0.39, 0.29) is 5.82 Å². The van der Waals surface area contributed by atoms with Crippen LogP contribution in [0.3, 0.4) is 0 Å². The van der Waals surface area contributed by atoms with Gasteiger partial charge in [-0.05, 0) is 56.5 Å². The zero-order chi connectivity index (χ0) is 15.4. The van der Waals surface area contributed by atoms with E-state index in [1.165, 1.54) is 50.9 Å². The molecule has 2 fully saturated rings. The lowest BCUT2D eigenvalue weighted by Crippen LogP contribution is -2.46. The number of aliphatic hydroxyl groups excluding tert-OH is 1. The number of likely N-dealkylation sites (tertiary alicyclic amines) is 1. The number of piperidine rings is 1.